The minimum absolute atomic E-state index is 0.201. The average molecular weight is 325 g/mol. The van der Waals surface area contributed by atoms with Crippen LogP contribution in [0.25, 0.3) is 10.9 Å². The fourth-order valence-electron chi connectivity index (χ4n) is 2.61. The molecule has 8 heteroatoms. The first kappa shape index (κ1) is 16.3. The van der Waals surface area contributed by atoms with Crippen molar-refractivity contribution in [3.05, 3.63) is 36.0 Å². The molecule has 3 atom stereocenters. The Balaban J connectivity index is 2.47. The van der Waals surface area contributed by atoms with Gasteiger partial charge in [0.2, 0.25) is 0 Å². The normalized spacial score (nSPS) is 15.3. The van der Waals surface area contributed by atoms with Gasteiger partial charge in [0.15, 0.2) is 8.03 Å². The standard InChI is InChI=1S/C14H16NO6P/c16-12(17)5-4-10(14(18)19)13(22(20)21)9-2-1-3-11-8(9)6-7-15-11/h1-3,6-7,10,13,15,22H,4-5H2,(H,16,17)(H,18,19)(H,20,21). The number of hydrogen-bond donors (Lipinski definition) is 4. The van der Waals surface area contributed by atoms with Crippen molar-refractivity contribution in [1.82, 2.24) is 4.98 Å². The lowest BCUT2D eigenvalue weighted by molar-refractivity contribution is -0.143. The van der Waals surface area contributed by atoms with Crippen LogP contribution in [0.15, 0.2) is 30.5 Å². The molecule has 0 aliphatic rings. The number of benzene rings is 1. The Kier molecular flexibility index (Phi) is 5.00. The second-order valence-electron chi connectivity index (χ2n) is 4.98. The van der Waals surface area contributed by atoms with Crippen molar-refractivity contribution < 1.29 is 29.3 Å². The third kappa shape index (κ3) is 3.37. The van der Waals surface area contributed by atoms with E-state index in [1.54, 1.807) is 30.5 Å². The molecule has 0 spiro atoms. The Bertz CT molecular complexity index is 725. The average Bonchev–Trinajstić information content (AvgIpc) is 2.90. The molecule has 1 aromatic heterocycles. The molecule has 1 heterocycles. The van der Waals surface area contributed by atoms with E-state index in [2.05, 4.69) is 4.98 Å². The number of carbonyl (C=O) groups is 2. The lowest BCUT2D eigenvalue weighted by atomic mass is 9.92. The van der Waals surface area contributed by atoms with Crippen LogP contribution < -0.4 is 0 Å². The van der Waals surface area contributed by atoms with Gasteiger partial charge in [0, 0.05) is 23.5 Å². The van der Waals surface area contributed by atoms with Gasteiger partial charge in [0.1, 0.15) is 0 Å². The SMILES string of the molecule is O=C(O)CCC(C(=O)O)C(c1cccc2[nH]ccc12)[PH](=O)O. The first-order valence-electron chi connectivity index (χ1n) is 6.65. The van der Waals surface area contributed by atoms with Gasteiger partial charge in [0.05, 0.1) is 11.6 Å². The summed E-state index contributed by atoms with van der Waals surface area (Å²) in [5, 5.41) is 18.8. The highest BCUT2D eigenvalue weighted by Crippen LogP contribution is 2.47. The van der Waals surface area contributed by atoms with Gasteiger partial charge >= 0.3 is 11.9 Å². The minimum Gasteiger partial charge on any atom is -0.481 e. The van der Waals surface area contributed by atoms with Crippen LogP contribution in [0.4, 0.5) is 0 Å². The highest BCUT2D eigenvalue weighted by atomic mass is 31.1. The Morgan fingerprint density at radius 3 is 2.55 bits per heavy atom. The number of rotatable bonds is 7. The molecule has 22 heavy (non-hydrogen) atoms. The number of hydrogen-bond acceptors (Lipinski definition) is 3. The van der Waals surface area contributed by atoms with Crippen LogP contribution in [0.5, 0.6) is 0 Å². The third-order valence-corrected chi connectivity index (χ3v) is 4.86. The number of aliphatic carboxylic acids is 2. The molecule has 3 unspecified atom stereocenters. The molecule has 0 saturated heterocycles. The van der Waals surface area contributed by atoms with Crippen LogP contribution in [0, 0.1) is 5.92 Å². The fourth-order valence-corrected chi connectivity index (χ4v) is 3.79. The molecule has 2 aromatic rings. The molecular weight excluding hydrogens is 309 g/mol. The highest BCUT2D eigenvalue weighted by molar-refractivity contribution is 7.38. The van der Waals surface area contributed by atoms with Gasteiger partial charge in [-0.25, -0.2) is 0 Å². The Hall–Kier alpha value is -2.11. The van der Waals surface area contributed by atoms with E-state index in [0.29, 0.717) is 10.9 Å². The van der Waals surface area contributed by atoms with Crippen LogP contribution in [0.3, 0.4) is 0 Å². The van der Waals surface area contributed by atoms with Crippen LogP contribution in [-0.4, -0.2) is 32.0 Å². The second-order valence-corrected chi connectivity index (χ2v) is 6.28. The van der Waals surface area contributed by atoms with E-state index < -0.39 is 31.5 Å². The summed E-state index contributed by atoms with van der Waals surface area (Å²) in [6.07, 6.45) is 1.09. The van der Waals surface area contributed by atoms with Gasteiger partial charge in [0.25, 0.3) is 0 Å². The number of carboxylic acids is 2. The molecule has 0 aliphatic heterocycles. The summed E-state index contributed by atoms with van der Waals surface area (Å²) < 4.78 is 11.8. The van der Waals surface area contributed by atoms with Crippen LogP contribution in [0.2, 0.25) is 0 Å². The molecule has 118 valence electrons. The second kappa shape index (κ2) is 6.77. The third-order valence-electron chi connectivity index (χ3n) is 3.62. The van der Waals surface area contributed by atoms with Crippen molar-refractivity contribution in [3.8, 4) is 0 Å². The summed E-state index contributed by atoms with van der Waals surface area (Å²) in [6.45, 7) is 0. The number of aromatic amines is 1. The predicted octanol–water partition coefficient (Wildman–Crippen LogP) is 2.24. The monoisotopic (exact) mass is 325 g/mol. The maximum Gasteiger partial charge on any atom is 0.307 e. The molecule has 4 N–H and O–H groups in total. The van der Waals surface area contributed by atoms with E-state index in [1.165, 1.54) is 0 Å². The Morgan fingerprint density at radius 1 is 1.23 bits per heavy atom. The Labute approximate surface area is 126 Å². The summed E-state index contributed by atoms with van der Waals surface area (Å²) in [6, 6.07) is 6.76. The zero-order valence-electron chi connectivity index (χ0n) is 11.5. The number of H-pyrrole nitrogens is 1. The quantitative estimate of drug-likeness (QED) is 0.578. The van der Waals surface area contributed by atoms with E-state index in [1.807, 2.05) is 0 Å². The molecule has 0 radical (unpaired) electrons. The van der Waals surface area contributed by atoms with Crippen molar-refractivity contribution in [1.29, 1.82) is 0 Å². The zero-order valence-corrected chi connectivity index (χ0v) is 12.5. The van der Waals surface area contributed by atoms with Crippen molar-refractivity contribution in [2.45, 2.75) is 18.5 Å². The maximum atomic E-state index is 11.8. The summed E-state index contributed by atoms with van der Waals surface area (Å²) in [7, 11) is -3.22. The minimum atomic E-state index is -3.22. The Morgan fingerprint density at radius 2 is 1.95 bits per heavy atom. The molecule has 0 fully saturated rings. The van der Waals surface area contributed by atoms with E-state index >= 15 is 0 Å². The van der Waals surface area contributed by atoms with Crippen molar-refractivity contribution in [2.24, 2.45) is 5.92 Å². The van der Waals surface area contributed by atoms with E-state index in [0.717, 1.165) is 5.52 Å². The molecule has 2 rings (SSSR count). The van der Waals surface area contributed by atoms with Crippen LogP contribution >= 0.6 is 8.03 Å². The first-order valence-corrected chi connectivity index (χ1v) is 8.08. The summed E-state index contributed by atoms with van der Waals surface area (Å²) in [4.78, 5) is 34.8. The summed E-state index contributed by atoms with van der Waals surface area (Å²) in [5.74, 6) is -3.64. The molecule has 0 aliphatic carbocycles. The first-order chi connectivity index (χ1) is 10.4. The summed E-state index contributed by atoms with van der Waals surface area (Å²) >= 11 is 0. The van der Waals surface area contributed by atoms with Crippen molar-refractivity contribution >= 4 is 30.9 Å². The number of nitrogens with one attached hydrogen (secondary N) is 1. The van der Waals surface area contributed by atoms with E-state index in [4.69, 9.17) is 5.11 Å². The van der Waals surface area contributed by atoms with Crippen molar-refractivity contribution in [3.63, 3.8) is 0 Å². The summed E-state index contributed by atoms with van der Waals surface area (Å²) in [5.41, 5.74) is 0.0531. The van der Waals surface area contributed by atoms with E-state index in [9.17, 15) is 24.2 Å². The smallest absolute Gasteiger partial charge is 0.307 e. The van der Waals surface area contributed by atoms with Crippen LogP contribution in [0.1, 0.15) is 24.1 Å². The van der Waals surface area contributed by atoms with Gasteiger partial charge < -0.3 is 20.1 Å². The van der Waals surface area contributed by atoms with Gasteiger partial charge in [-0.05, 0) is 24.1 Å². The maximum absolute atomic E-state index is 11.8. The molecule has 1 aromatic carbocycles. The predicted molar refractivity (Wildman–Crippen MR) is 80.3 cm³/mol. The number of carboxylic acid groups (broad SMARTS) is 2. The molecule has 0 bridgehead atoms. The molecule has 0 saturated carbocycles. The number of fused-ring (bicyclic) bond motifs is 1. The van der Waals surface area contributed by atoms with Gasteiger partial charge in [-0.3, -0.25) is 14.2 Å². The zero-order chi connectivity index (χ0) is 16.3. The largest absolute Gasteiger partial charge is 0.481 e. The molecular formula is C14H16NO6P. The number of aromatic nitrogens is 1. The topological polar surface area (TPSA) is 128 Å². The van der Waals surface area contributed by atoms with Gasteiger partial charge in [-0.1, -0.05) is 12.1 Å². The van der Waals surface area contributed by atoms with Gasteiger partial charge in [-0.15, -0.1) is 0 Å². The lowest BCUT2D eigenvalue weighted by Gasteiger charge is -2.22. The molecule has 0 amide bonds. The highest BCUT2D eigenvalue weighted by Gasteiger charge is 2.34. The van der Waals surface area contributed by atoms with Crippen molar-refractivity contribution in [2.75, 3.05) is 0 Å². The fraction of sp³-hybridized carbons (Fsp3) is 0.286. The van der Waals surface area contributed by atoms with E-state index in [-0.39, 0.29) is 12.8 Å². The molecule has 7 nitrogen and oxygen atoms in total. The van der Waals surface area contributed by atoms with Crippen LogP contribution in [-0.2, 0) is 14.2 Å². The lowest BCUT2D eigenvalue weighted by Crippen LogP contribution is -2.21. The van der Waals surface area contributed by atoms with Gasteiger partial charge in [-0.2, -0.15) is 0 Å².